The zero-order valence-electron chi connectivity index (χ0n) is 12.6. The van der Waals surface area contributed by atoms with Crippen molar-refractivity contribution in [2.45, 2.75) is 12.8 Å². The van der Waals surface area contributed by atoms with Crippen LogP contribution in [-0.2, 0) is 4.79 Å². The molecule has 0 atom stereocenters. The number of hydrogen-bond acceptors (Lipinski definition) is 4. The van der Waals surface area contributed by atoms with Gasteiger partial charge >= 0.3 is 0 Å². The molecule has 1 fully saturated rings. The minimum absolute atomic E-state index is 0.139. The van der Waals surface area contributed by atoms with Crippen LogP contribution in [0.2, 0.25) is 0 Å². The molecule has 120 valence electrons. The molecule has 2 amide bonds. The summed E-state index contributed by atoms with van der Waals surface area (Å²) in [4.78, 5) is 25.6. The van der Waals surface area contributed by atoms with Gasteiger partial charge in [0.1, 0.15) is 11.5 Å². The van der Waals surface area contributed by atoms with E-state index in [0.29, 0.717) is 47.5 Å². The predicted molar refractivity (Wildman–Crippen MR) is 85.1 cm³/mol. The van der Waals surface area contributed by atoms with Crippen molar-refractivity contribution < 1.29 is 19.1 Å². The Morgan fingerprint density at radius 2 is 1.86 bits per heavy atom. The highest BCUT2D eigenvalue weighted by Gasteiger charge is 2.28. The van der Waals surface area contributed by atoms with Crippen LogP contribution in [0.4, 0.5) is 0 Å². The van der Waals surface area contributed by atoms with Crippen LogP contribution >= 0.6 is 15.9 Å². The minimum Gasteiger partial charge on any atom is -0.497 e. The maximum atomic E-state index is 12.7. The quantitative estimate of drug-likeness (QED) is 0.875. The van der Waals surface area contributed by atoms with E-state index in [1.165, 1.54) is 7.11 Å². The van der Waals surface area contributed by atoms with Crippen molar-refractivity contribution in [1.29, 1.82) is 0 Å². The molecule has 0 radical (unpaired) electrons. The Bertz CT molecular complexity index is 583. The SMILES string of the molecule is COc1cc(Br)c(OC)c(C(=O)N2CCC(C(N)=O)CC2)c1. The van der Waals surface area contributed by atoms with Crippen molar-refractivity contribution >= 4 is 27.7 Å². The van der Waals surface area contributed by atoms with E-state index in [2.05, 4.69) is 15.9 Å². The molecular weight excluding hydrogens is 352 g/mol. The number of hydrogen-bond donors (Lipinski definition) is 1. The standard InChI is InChI=1S/C15H19BrN2O4/c1-21-10-7-11(13(22-2)12(16)8-10)15(20)18-5-3-9(4-6-18)14(17)19/h7-9H,3-6H2,1-2H3,(H2,17,19). The first kappa shape index (κ1) is 16.6. The van der Waals surface area contributed by atoms with Gasteiger partial charge in [0.25, 0.3) is 5.91 Å². The lowest BCUT2D eigenvalue weighted by Gasteiger charge is -2.31. The first-order valence-corrected chi connectivity index (χ1v) is 7.77. The lowest BCUT2D eigenvalue weighted by Crippen LogP contribution is -2.41. The van der Waals surface area contributed by atoms with Crippen LogP contribution in [-0.4, -0.2) is 44.0 Å². The molecule has 0 spiro atoms. The number of methoxy groups -OCH3 is 2. The number of nitrogens with zero attached hydrogens (tertiary/aromatic N) is 1. The molecule has 0 unspecified atom stereocenters. The molecule has 1 aromatic carbocycles. The van der Waals surface area contributed by atoms with Gasteiger partial charge in [-0.2, -0.15) is 0 Å². The molecule has 0 aromatic heterocycles. The van der Waals surface area contributed by atoms with E-state index in [1.54, 1.807) is 24.1 Å². The predicted octanol–water partition coefficient (Wildman–Crippen LogP) is 1.80. The monoisotopic (exact) mass is 370 g/mol. The second-order valence-electron chi connectivity index (χ2n) is 5.16. The van der Waals surface area contributed by atoms with E-state index in [9.17, 15) is 9.59 Å². The molecule has 2 rings (SSSR count). The van der Waals surface area contributed by atoms with Gasteiger partial charge in [0.15, 0.2) is 0 Å². The maximum Gasteiger partial charge on any atom is 0.257 e. The number of amides is 2. The summed E-state index contributed by atoms with van der Waals surface area (Å²) in [5.74, 6) is 0.460. The number of likely N-dealkylation sites (tertiary alicyclic amines) is 1. The van der Waals surface area contributed by atoms with Gasteiger partial charge in [0.2, 0.25) is 5.91 Å². The molecular formula is C15H19BrN2O4. The average molecular weight is 371 g/mol. The second kappa shape index (κ2) is 7.00. The molecule has 0 saturated carbocycles. The van der Waals surface area contributed by atoms with E-state index in [-0.39, 0.29) is 17.7 Å². The van der Waals surface area contributed by atoms with Crippen LogP contribution in [0.15, 0.2) is 16.6 Å². The summed E-state index contributed by atoms with van der Waals surface area (Å²) in [6.07, 6.45) is 1.18. The fourth-order valence-electron chi connectivity index (χ4n) is 2.59. The number of piperidine rings is 1. The summed E-state index contributed by atoms with van der Waals surface area (Å²) in [7, 11) is 3.06. The third-order valence-electron chi connectivity index (χ3n) is 3.87. The van der Waals surface area contributed by atoms with Crippen LogP contribution < -0.4 is 15.2 Å². The molecule has 1 aliphatic heterocycles. The third-order valence-corrected chi connectivity index (χ3v) is 4.46. The van der Waals surface area contributed by atoms with Crippen molar-refractivity contribution in [3.8, 4) is 11.5 Å². The normalized spacial score (nSPS) is 15.5. The Hall–Kier alpha value is -1.76. The first-order valence-electron chi connectivity index (χ1n) is 6.98. The average Bonchev–Trinajstić information content (AvgIpc) is 2.53. The van der Waals surface area contributed by atoms with Crippen LogP contribution in [0.1, 0.15) is 23.2 Å². The lowest BCUT2D eigenvalue weighted by atomic mass is 9.96. The van der Waals surface area contributed by atoms with E-state index in [1.807, 2.05) is 0 Å². The van der Waals surface area contributed by atoms with Crippen LogP contribution in [0, 0.1) is 5.92 Å². The summed E-state index contributed by atoms with van der Waals surface area (Å²) in [6, 6.07) is 3.40. The molecule has 1 aromatic rings. The molecule has 2 N–H and O–H groups in total. The zero-order chi connectivity index (χ0) is 16.3. The number of halogens is 1. The summed E-state index contributed by atoms with van der Waals surface area (Å²) >= 11 is 3.38. The Morgan fingerprint density at radius 1 is 1.23 bits per heavy atom. The zero-order valence-corrected chi connectivity index (χ0v) is 14.2. The summed E-state index contributed by atoms with van der Waals surface area (Å²) in [5.41, 5.74) is 5.75. The third kappa shape index (κ3) is 3.35. The summed E-state index contributed by atoms with van der Waals surface area (Å²) in [6.45, 7) is 1.01. The van der Waals surface area contributed by atoms with Crippen molar-refractivity contribution in [3.05, 3.63) is 22.2 Å². The van der Waals surface area contributed by atoms with Crippen molar-refractivity contribution in [2.75, 3.05) is 27.3 Å². The second-order valence-corrected chi connectivity index (χ2v) is 6.01. The minimum atomic E-state index is -0.297. The van der Waals surface area contributed by atoms with Gasteiger partial charge < -0.3 is 20.1 Å². The fourth-order valence-corrected chi connectivity index (χ4v) is 3.19. The van der Waals surface area contributed by atoms with Gasteiger partial charge in [-0.25, -0.2) is 0 Å². The molecule has 0 aliphatic carbocycles. The van der Waals surface area contributed by atoms with Crippen molar-refractivity contribution in [3.63, 3.8) is 0 Å². The topological polar surface area (TPSA) is 81.9 Å². The van der Waals surface area contributed by atoms with Gasteiger partial charge in [-0.05, 0) is 40.9 Å². The van der Waals surface area contributed by atoms with E-state index in [0.717, 1.165) is 0 Å². The first-order chi connectivity index (χ1) is 10.5. The number of ether oxygens (including phenoxy) is 2. The molecule has 1 aliphatic rings. The Kier molecular flexibility index (Phi) is 5.28. The van der Waals surface area contributed by atoms with Crippen molar-refractivity contribution in [2.24, 2.45) is 11.7 Å². The van der Waals surface area contributed by atoms with Gasteiger partial charge in [0, 0.05) is 19.0 Å². The van der Waals surface area contributed by atoms with Crippen LogP contribution in [0.25, 0.3) is 0 Å². The Morgan fingerprint density at radius 3 is 2.36 bits per heavy atom. The molecule has 7 heteroatoms. The van der Waals surface area contributed by atoms with Gasteiger partial charge in [-0.15, -0.1) is 0 Å². The van der Waals surface area contributed by atoms with Crippen LogP contribution in [0.3, 0.4) is 0 Å². The number of carbonyl (C=O) groups is 2. The van der Waals surface area contributed by atoms with Gasteiger partial charge in [0.05, 0.1) is 24.3 Å². The lowest BCUT2D eigenvalue weighted by molar-refractivity contribution is -0.123. The highest BCUT2D eigenvalue weighted by molar-refractivity contribution is 9.10. The smallest absolute Gasteiger partial charge is 0.257 e. The van der Waals surface area contributed by atoms with Gasteiger partial charge in [-0.3, -0.25) is 9.59 Å². The summed E-state index contributed by atoms with van der Waals surface area (Å²) in [5, 5.41) is 0. The largest absolute Gasteiger partial charge is 0.497 e. The van der Waals surface area contributed by atoms with E-state index >= 15 is 0 Å². The Labute approximate surface area is 137 Å². The number of benzene rings is 1. The molecule has 0 bridgehead atoms. The van der Waals surface area contributed by atoms with Crippen molar-refractivity contribution in [1.82, 2.24) is 4.90 Å². The van der Waals surface area contributed by atoms with Gasteiger partial charge in [-0.1, -0.05) is 0 Å². The molecule has 6 nitrogen and oxygen atoms in total. The number of primary amides is 1. The molecule has 22 heavy (non-hydrogen) atoms. The summed E-state index contributed by atoms with van der Waals surface area (Å²) < 4.78 is 11.2. The highest BCUT2D eigenvalue weighted by Crippen LogP contribution is 2.34. The number of carbonyl (C=O) groups excluding carboxylic acids is 2. The maximum absolute atomic E-state index is 12.7. The fraction of sp³-hybridized carbons (Fsp3) is 0.467. The van der Waals surface area contributed by atoms with Crippen LogP contribution in [0.5, 0.6) is 11.5 Å². The highest BCUT2D eigenvalue weighted by atomic mass is 79.9. The van der Waals surface area contributed by atoms with E-state index in [4.69, 9.17) is 15.2 Å². The molecule has 1 heterocycles. The van der Waals surface area contributed by atoms with E-state index < -0.39 is 0 Å². The number of rotatable bonds is 4. The Balaban J connectivity index is 2.23. The number of nitrogens with two attached hydrogens (primary N) is 1. The molecule has 1 saturated heterocycles.